The third kappa shape index (κ3) is 3.35. The van der Waals surface area contributed by atoms with Gasteiger partial charge in [-0.1, -0.05) is 11.8 Å². The third-order valence-corrected chi connectivity index (χ3v) is 2.30. The minimum Gasteiger partial charge on any atom is -0.379 e. The molecule has 78 valence electrons. The highest BCUT2D eigenvalue weighted by Crippen LogP contribution is 1.95. The van der Waals surface area contributed by atoms with Gasteiger partial charge in [0.1, 0.15) is 0 Å². The van der Waals surface area contributed by atoms with Gasteiger partial charge in [-0.3, -0.25) is 9.88 Å². The Bertz CT molecular complexity index is 347. The first-order valence-electron chi connectivity index (χ1n) is 5.14. The molecular weight excluding hydrogens is 188 g/mol. The quantitative estimate of drug-likeness (QED) is 0.629. The van der Waals surface area contributed by atoms with Crippen molar-refractivity contribution < 1.29 is 4.74 Å². The SMILES string of the molecule is C(#Cc1cccnc1)CN1CCOCC1. The predicted molar refractivity (Wildman–Crippen MR) is 58.4 cm³/mol. The van der Waals surface area contributed by atoms with E-state index in [1.54, 1.807) is 12.4 Å². The lowest BCUT2D eigenvalue weighted by molar-refractivity contribution is 0.0443. The highest BCUT2D eigenvalue weighted by molar-refractivity contribution is 5.31. The van der Waals surface area contributed by atoms with Crippen LogP contribution in [0.3, 0.4) is 0 Å². The molecule has 0 N–H and O–H groups in total. The largest absolute Gasteiger partial charge is 0.379 e. The fraction of sp³-hybridized carbons (Fsp3) is 0.417. The van der Waals surface area contributed by atoms with Crippen molar-refractivity contribution in [2.75, 3.05) is 32.8 Å². The van der Waals surface area contributed by atoms with Gasteiger partial charge in [0, 0.05) is 31.0 Å². The molecule has 0 spiro atoms. The molecule has 0 bridgehead atoms. The molecule has 0 saturated carbocycles. The second-order valence-electron chi connectivity index (χ2n) is 3.43. The second-order valence-corrected chi connectivity index (χ2v) is 3.43. The Hall–Kier alpha value is -1.37. The summed E-state index contributed by atoms with van der Waals surface area (Å²) in [4.78, 5) is 6.31. The number of rotatable bonds is 1. The molecule has 0 amide bonds. The van der Waals surface area contributed by atoms with Crippen LogP contribution in [0.5, 0.6) is 0 Å². The first-order chi connectivity index (χ1) is 7.45. The van der Waals surface area contributed by atoms with E-state index in [9.17, 15) is 0 Å². The maximum absolute atomic E-state index is 5.26. The Kier molecular flexibility index (Phi) is 3.72. The molecule has 0 atom stereocenters. The fourth-order valence-corrected chi connectivity index (χ4v) is 1.45. The third-order valence-electron chi connectivity index (χ3n) is 2.30. The van der Waals surface area contributed by atoms with Gasteiger partial charge < -0.3 is 4.74 Å². The smallest absolute Gasteiger partial charge is 0.0606 e. The van der Waals surface area contributed by atoms with Crippen molar-refractivity contribution in [3.05, 3.63) is 30.1 Å². The van der Waals surface area contributed by atoms with Gasteiger partial charge in [-0.05, 0) is 12.1 Å². The van der Waals surface area contributed by atoms with Crippen LogP contribution in [-0.4, -0.2) is 42.7 Å². The molecular formula is C12H14N2O. The average Bonchev–Trinajstić information content (AvgIpc) is 2.32. The molecule has 0 aliphatic carbocycles. The molecule has 1 fully saturated rings. The average molecular weight is 202 g/mol. The lowest BCUT2D eigenvalue weighted by Gasteiger charge is -2.24. The van der Waals surface area contributed by atoms with Gasteiger partial charge in [0.2, 0.25) is 0 Å². The minimum atomic E-state index is 0.818. The summed E-state index contributed by atoms with van der Waals surface area (Å²) in [6.45, 7) is 4.45. The Morgan fingerprint density at radius 3 is 3.00 bits per heavy atom. The van der Waals surface area contributed by atoms with E-state index >= 15 is 0 Å². The summed E-state index contributed by atoms with van der Waals surface area (Å²) >= 11 is 0. The van der Waals surface area contributed by atoms with Crippen molar-refractivity contribution in [1.29, 1.82) is 0 Å². The van der Waals surface area contributed by atoms with Gasteiger partial charge in [-0.15, -0.1) is 0 Å². The summed E-state index contributed by atoms with van der Waals surface area (Å²) in [5.74, 6) is 6.25. The van der Waals surface area contributed by atoms with Crippen LogP contribution in [0.4, 0.5) is 0 Å². The van der Waals surface area contributed by atoms with Crippen LogP contribution in [0.25, 0.3) is 0 Å². The van der Waals surface area contributed by atoms with E-state index in [1.165, 1.54) is 0 Å². The van der Waals surface area contributed by atoms with Crippen LogP contribution in [0.1, 0.15) is 5.56 Å². The van der Waals surface area contributed by atoms with Crippen LogP contribution in [0, 0.1) is 11.8 Å². The fourth-order valence-electron chi connectivity index (χ4n) is 1.45. The standard InChI is InChI=1S/C12H14N2O/c1-3-12(11-13-5-1)4-2-6-14-7-9-15-10-8-14/h1,3,5,11H,6-10H2. The summed E-state index contributed by atoms with van der Waals surface area (Å²) in [7, 11) is 0. The molecule has 2 heterocycles. The molecule has 0 aromatic carbocycles. The molecule has 3 nitrogen and oxygen atoms in total. The Labute approximate surface area is 90.1 Å². The zero-order chi connectivity index (χ0) is 10.3. The van der Waals surface area contributed by atoms with Crippen molar-refractivity contribution >= 4 is 0 Å². The normalized spacial score (nSPS) is 16.8. The molecule has 1 aromatic heterocycles. The zero-order valence-electron chi connectivity index (χ0n) is 8.65. The van der Waals surface area contributed by atoms with Gasteiger partial charge in [0.25, 0.3) is 0 Å². The highest BCUT2D eigenvalue weighted by atomic mass is 16.5. The minimum absolute atomic E-state index is 0.818. The van der Waals surface area contributed by atoms with Gasteiger partial charge in [0.15, 0.2) is 0 Å². The molecule has 1 aliphatic rings. The van der Waals surface area contributed by atoms with E-state index in [0.29, 0.717) is 0 Å². The Morgan fingerprint density at radius 1 is 1.40 bits per heavy atom. The maximum Gasteiger partial charge on any atom is 0.0606 e. The lowest BCUT2D eigenvalue weighted by Crippen LogP contribution is -2.36. The Morgan fingerprint density at radius 2 is 2.27 bits per heavy atom. The van der Waals surface area contributed by atoms with E-state index in [4.69, 9.17) is 4.74 Å². The summed E-state index contributed by atoms with van der Waals surface area (Å²) in [6, 6.07) is 3.87. The van der Waals surface area contributed by atoms with Gasteiger partial charge in [-0.25, -0.2) is 0 Å². The maximum atomic E-state index is 5.26. The van der Waals surface area contributed by atoms with E-state index in [2.05, 4.69) is 21.7 Å². The van der Waals surface area contributed by atoms with Crippen LogP contribution >= 0.6 is 0 Å². The van der Waals surface area contributed by atoms with E-state index < -0.39 is 0 Å². The molecule has 0 radical (unpaired) electrons. The first-order valence-corrected chi connectivity index (χ1v) is 5.14. The van der Waals surface area contributed by atoms with Crippen molar-refractivity contribution in [3.8, 4) is 11.8 Å². The number of aromatic nitrogens is 1. The molecule has 3 heteroatoms. The summed E-state index contributed by atoms with van der Waals surface area (Å²) in [6.07, 6.45) is 3.54. The van der Waals surface area contributed by atoms with Crippen molar-refractivity contribution in [1.82, 2.24) is 9.88 Å². The van der Waals surface area contributed by atoms with Crippen LogP contribution in [0.15, 0.2) is 24.5 Å². The summed E-state index contributed by atoms with van der Waals surface area (Å²) < 4.78 is 5.26. The number of morpholine rings is 1. The molecule has 1 aliphatic heterocycles. The highest BCUT2D eigenvalue weighted by Gasteiger charge is 2.07. The number of ether oxygens (including phenoxy) is 1. The number of pyridine rings is 1. The predicted octanol–water partition coefficient (Wildman–Crippen LogP) is 0.765. The van der Waals surface area contributed by atoms with Crippen LogP contribution in [0.2, 0.25) is 0 Å². The van der Waals surface area contributed by atoms with E-state index in [1.807, 2.05) is 12.1 Å². The first kappa shape index (κ1) is 10.2. The second kappa shape index (κ2) is 5.50. The van der Waals surface area contributed by atoms with E-state index in [0.717, 1.165) is 38.4 Å². The molecule has 0 unspecified atom stereocenters. The van der Waals surface area contributed by atoms with E-state index in [-0.39, 0.29) is 0 Å². The zero-order valence-corrected chi connectivity index (χ0v) is 8.65. The summed E-state index contributed by atoms with van der Waals surface area (Å²) in [5, 5.41) is 0. The van der Waals surface area contributed by atoms with Gasteiger partial charge >= 0.3 is 0 Å². The number of hydrogen-bond donors (Lipinski definition) is 0. The van der Waals surface area contributed by atoms with Gasteiger partial charge in [-0.2, -0.15) is 0 Å². The lowest BCUT2D eigenvalue weighted by atomic mass is 10.3. The Balaban J connectivity index is 1.84. The number of hydrogen-bond acceptors (Lipinski definition) is 3. The van der Waals surface area contributed by atoms with Crippen LogP contribution in [-0.2, 0) is 4.74 Å². The monoisotopic (exact) mass is 202 g/mol. The summed E-state index contributed by atoms with van der Waals surface area (Å²) in [5.41, 5.74) is 0.978. The van der Waals surface area contributed by atoms with Crippen molar-refractivity contribution in [2.24, 2.45) is 0 Å². The molecule has 2 rings (SSSR count). The van der Waals surface area contributed by atoms with Crippen molar-refractivity contribution in [2.45, 2.75) is 0 Å². The number of nitrogens with zero attached hydrogens (tertiary/aromatic N) is 2. The molecule has 1 saturated heterocycles. The van der Waals surface area contributed by atoms with Crippen LogP contribution < -0.4 is 0 Å². The van der Waals surface area contributed by atoms with Crippen molar-refractivity contribution in [3.63, 3.8) is 0 Å². The molecule has 1 aromatic rings. The van der Waals surface area contributed by atoms with Gasteiger partial charge in [0.05, 0.1) is 19.8 Å². The molecule has 15 heavy (non-hydrogen) atoms. The topological polar surface area (TPSA) is 25.4 Å².